The highest BCUT2D eigenvalue weighted by atomic mass is 35.5. The molecule has 0 spiro atoms. The summed E-state index contributed by atoms with van der Waals surface area (Å²) in [5.41, 5.74) is -2.19. The van der Waals surface area contributed by atoms with Crippen LogP contribution in [0.15, 0.2) is 36.5 Å². The number of hydrogen-bond donors (Lipinski definition) is 5. The van der Waals surface area contributed by atoms with Crippen LogP contribution >= 0.6 is 11.6 Å². The Labute approximate surface area is 266 Å². The number of allylic oxidation sites excluding steroid dienone is 5. The normalized spacial score (nSPS) is 49.2. The van der Waals surface area contributed by atoms with E-state index in [2.05, 4.69) is 30.4 Å². The van der Waals surface area contributed by atoms with E-state index < -0.39 is 59.5 Å². The first-order chi connectivity index (χ1) is 21.0. The molecule has 16 atom stereocenters. The van der Waals surface area contributed by atoms with Crippen LogP contribution in [0.3, 0.4) is 0 Å². The largest absolute Gasteiger partial charge is 0.393 e. The molecule has 13 unspecified atom stereocenters. The summed E-state index contributed by atoms with van der Waals surface area (Å²) in [5, 5.41) is 55.2. The average molecular weight is 631 g/mol. The lowest BCUT2D eigenvalue weighted by atomic mass is 9.48. The van der Waals surface area contributed by atoms with E-state index in [1.54, 1.807) is 6.08 Å². The van der Waals surface area contributed by atoms with Crippen LogP contribution in [0.2, 0.25) is 0 Å². The summed E-state index contributed by atoms with van der Waals surface area (Å²) in [7, 11) is 0. The van der Waals surface area contributed by atoms with E-state index in [-0.39, 0.29) is 41.3 Å². The minimum atomic E-state index is -2.19. The van der Waals surface area contributed by atoms with Gasteiger partial charge in [0.05, 0.1) is 41.4 Å². The maximum atomic E-state index is 14.1. The molecule has 44 heavy (non-hydrogen) atoms. The van der Waals surface area contributed by atoms with Gasteiger partial charge in [0.2, 0.25) is 0 Å². The fourth-order valence-electron chi connectivity index (χ4n) is 10.2. The Hall–Kier alpha value is -1.35. The van der Waals surface area contributed by atoms with Crippen LogP contribution in [0.25, 0.3) is 0 Å². The molecule has 0 aromatic heterocycles. The second-order valence-electron chi connectivity index (χ2n) is 15.1. The first-order valence-corrected chi connectivity index (χ1v) is 17.7. The summed E-state index contributed by atoms with van der Waals surface area (Å²) < 4.78 is 0. The number of aliphatic hydroxyl groups excluding tert-OH is 4. The number of alkyl halides is 1. The average Bonchev–Trinajstić information content (AvgIpc) is 2.98. The van der Waals surface area contributed by atoms with Crippen molar-refractivity contribution in [3.63, 3.8) is 0 Å². The molecule has 244 valence electrons. The molecule has 6 aliphatic carbocycles. The lowest BCUT2D eigenvalue weighted by Crippen LogP contribution is -2.71. The summed E-state index contributed by atoms with van der Waals surface area (Å²) in [5.74, 6) is -3.32. The zero-order chi connectivity index (χ0) is 31.3. The van der Waals surface area contributed by atoms with Crippen LogP contribution in [-0.2, 0) is 9.59 Å². The van der Waals surface area contributed by atoms with E-state index in [4.69, 9.17) is 11.6 Å². The highest BCUT2D eigenvalue weighted by molar-refractivity contribution is 6.21. The zero-order valence-electron chi connectivity index (χ0n) is 25.8. The molecule has 3 fully saturated rings. The van der Waals surface area contributed by atoms with Gasteiger partial charge >= 0.3 is 0 Å². The van der Waals surface area contributed by atoms with Gasteiger partial charge < -0.3 is 25.5 Å². The van der Waals surface area contributed by atoms with Crippen molar-refractivity contribution in [1.82, 2.24) is 0 Å². The van der Waals surface area contributed by atoms with Crippen molar-refractivity contribution in [2.45, 2.75) is 113 Å². The number of ketones is 2. The Kier molecular flexibility index (Phi) is 9.66. The minimum absolute atomic E-state index is 0.0843. The molecule has 7 nitrogen and oxygen atoms in total. The third kappa shape index (κ3) is 5.84. The molecule has 0 amide bonds. The third-order valence-corrected chi connectivity index (χ3v) is 12.9. The van der Waals surface area contributed by atoms with Gasteiger partial charge in [-0.25, -0.2) is 0 Å². The molecule has 5 N–H and O–H groups in total. The third-order valence-electron chi connectivity index (χ3n) is 12.6. The molecule has 0 radical (unpaired) electrons. The molecule has 0 saturated heterocycles. The van der Waals surface area contributed by atoms with E-state index in [1.807, 2.05) is 0 Å². The lowest BCUT2D eigenvalue weighted by molar-refractivity contribution is -0.219. The standard InChI is InChI=1S/C36H51ClO7/c1-19(38)30-29(40)18-24-16-23-17-27-26(14-15-28(39)32(27)33(41)31(23)35(43)36(24,44)34(30)42)22-10-6-20(7-11-22)4-2-3-5-21-8-12-25(37)13-9-21/h6,8,10,12,14-15,19-32,35,38-40,43-44H,2-5,7,9,11,13,16-18H2,1H3/t19?,20?,21?,22?,23-,24+,25?,26?,27?,28?,29?,30?,31?,32?,35?,36-/m1/s1. The van der Waals surface area contributed by atoms with E-state index in [0.29, 0.717) is 24.7 Å². The van der Waals surface area contributed by atoms with Crippen molar-refractivity contribution >= 4 is 23.2 Å². The van der Waals surface area contributed by atoms with Gasteiger partial charge in [0.15, 0.2) is 11.4 Å². The van der Waals surface area contributed by atoms with Crippen LogP contribution in [0, 0.1) is 59.2 Å². The Bertz CT molecular complexity index is 1170. The number of carbonyl (C=O) groups is 2. The van der Waals surface area contributed by atoms with Gasteiger partial charge in [0, 0.05) is 5.92 Å². The quantitative estimate of drug-likeness (QED) is 0.162. The molecule has 0 aromatic carbocycles. The summed E-state index contributed by atoms with van der Waals surface area (Å²) in [6.45, 7) is 1.39. The van der Waals surface area contributed by atoms with E-state index in [0.717, 1.165) is 19.3 Å². The molecule has 3 saturated carbocycles. The Balaban J connectivity index is 1.11. The summed E-state index contributed by atoms with van der Waals surface area (Å²) >= 11 is 6.18. The SMILES string of the molecule is CC(O)C1C(=O)[C@@]2(O)C(O)C3C(=O)C4C(O)C=CC(C5C=CC(CCCCC6C=CC(Cl)CC6)CC5)C4C[C@H]3C[C@H]2CC1O. The van der Waals surface area contributed by atoms with E-state index in [9.17, 15) is 35.1 Å². The molecule has 6 rings (SSSR count). The molecular formula is C36H51ClO7. The monoisotopic (exact) mass is 630 g/mol. The van der Waals surface area contributed by atoms with Gasteiger partial charge in [-0.1, -0.05) is 49.3 Å². The number of fused-ring (bicyclic) bond motifs is 3. The van der Waals surface area contributed by atoms with Crippen LogP contribution in [0.1, 0.15) is 77.6 Å². The predicted molar refractivity (Wildman–Crippen MR) is 167 cm³/mol. The first kappa shape index (κ1) is 32.6. The second kappa shape index (κ2) is 13.0. The van der Waals surface area contributed by atoms with Crippen molar-refractivity contribution in [2.75, 3.05) is 0 Å². The highest BCUT2D eigenvalue weighted by Crippen LogP contribution is 2.56. The van der Waals surface area contributed by atoms with Gasteiger partial charge in [-0.05, 0) is 100 Å². The van der Waals surface area contributed by atoms with Gasteiger partial charge in [-0.2, -0.15) is 0 Å². The van der Waals surface area contributed by atoms with E-state index in [1.165, 1.54) is 39.0 Å². The summed E-state index contributed by atoms with van der Waals surface area (Å²) in [4.78, 5) is 27.5. The van der Waals surface area contributed by atoms with Crippen LogP contribution in [0.4, 0.5) is 0 Å². The smallest absolute Gasteiger partial charge is 0.175 e. The molecule has 0 heterocycles. The minimum Gasteiger partial charge on any atom is -0.393 e. The van der Waals surface area contributed by atoms with E-state index >= 15 is 0 Å². The van der Waals surface area contributed by atoms with Crippen molar-refractivity contribution in [3.05, 3.63) is 36.5 Å². The van der Waals surface area contributed by atoms with Crippen LogP contribution < -0.4 is 0 Å². The molecule has 0 aromatic rings. The number of halogens is 1. The molecule has 6 aliphatic rings. The van der Waals surface area contributed by atoms with Crippen molar-refractivity contribution in [3.8, 4) is 0 Å². The topological polar surface area (TPSA) is 135 Å². The second-order valence-corrected chi connectivity index (χ2v) is 15.7. The Morgan fingerprint density at radius 1 is 0.864 bits per heavy atom. The number of rotatable bonds is 7. The molecular weight excluding hydrogens is 580 g/mol. The van der Waals surface area contributed by atoms with Gasteiger partial charge in [-0.3, -0.25) is 9.59 Å². The fourth-order valence-corrected chi connectivity index (χ4v) is 10.4. The summed E-state index contributed by atoms with van der Waals surface area (Å²) in [6, 6.07) is 0. The molecule has 8 heteroatoms. The maximum Gasteiger partial charge on any atom is 0.175 e. The highest BCUT2D eigenvalue weighted by Gasteiger charge is 2.67. The van der Waals surface area contributed by atoms with Crippen molar-refractivity contribution < 1.29 is 35.1 Å². The zero-order valence-corrected chi connectivity index (χ0v) is 26.6. The van der Waals surface area contributed by atoms with Crippen molar-refractivity contribution in [1.29, 1.82) is 0 Å². The van der Waals surface area contributed by atoms with Gasteiger partial charge in [0.1, 0.15) is 11.9 Å². The Morgan fingerprint density at radius 3 is 2.16 bits per heavy atom. The predicted octanol–water partition coefficient (Wildman–Crippen LogP) is 4.13. The molecule has 0 bridgehead atoms. The van der Waals surface area contributed by atoms with Crippen LogP contribution in [-0.4, -0.2) is 72.5 Å². The van der Waals surface area contributed by atoms with Gasteiger partial charge in [-0.15, -0.1) is 11.6 Å². The molecule has 0 aliphatic heterocycles. The number of hydrogen-bond acceptors (Lipinski definition) is 7. The number of Topliss-reactive ketones (excluding diaryl/α,β-unsaturated/α-hetero) is 2. The van der Waals surface area contributed by atoms with Gasteiger partial charge in [0.25, 0.3) is 0 Å². The van der Waals surface area contributed by atoms with Crippen molar-refractivity contribution in [2.24, 2.45) is 59.2 Å². The lowest BCUT2D eigenvalue weighted by Gasteiger charge is -2.57. The number of carbonyl (C=O) groups excluding carboxylic acids is 2. The number of aliphatic hydroxyl groups is 5. The maximum absolute atomic E-state index is 14.1. The summed E-state index contributed by atoms with van der Waals surface area (Å²) in [6.07, 6.45) is 18.4. The van der Waals surface area contributed by atoms with Crippen LogP contribution in [0.5, 0.6) is 0 Å². The Morgan fingerprint density at radius 2 is 1.55 bits per heavy atom. The number of unbranched alkanes of at least 4 members (excludes halogenated alkanes) is 1. The first-order valence-electron chi connectivity index (χ1n) is 17.2. The fraction of sp³-hybridized carbons (Fsp3) is 0.778.